The van der Waals surface area contributed by atoms with Gasteiger partial charge in [-0.05, 0) is 42.8 Å². The lowest BCUT2D eigenvalue weighted by Crippen LogP contribution is -2.11. The van der Waals surface area contributed by atoms with Crippen LogP contribution < -0.4 is 10.6 Å². The summed E-state index contributed by atoms with van der Waals surface area (Å²) < 4.78 is 0. The molecule has 0 saturated heterocycles. The van der Waals surface area contributed by atoms with Crippen molar-refractivity contribution in [3.8, 4) is 0 Å². The number of nitrogens with two attached hydrogens (primary N) is 1. The average molecular weight is 256 g/mol. The molecule has 0 aliphatic rings. The first-order valence-corrected chi connectivity index (χ1v) is 5.92. The van der Waals surface area contributed by atoms with Crippen LogP contribution in [0.15, 0.2) is 42.5 Å². The highest BCUT2D eigenvalue weighted by atomic mass is 16.4. The molecule has 0 aromatic heterocycles. The molecule has 19 heavy (non-hydrogen) atoms. The zero-order chi connectivity index (χ0) is 14.0. The Morgan fingerprint density at radius 2 is 1.84 bits per heavy atom. The molecule has 98 valence electrons. The number of carbonyl (C=O) groups is 1. The van der Waals surface area contributed by atoms with Crippen LogP contribution in [-0.2, 0) is 0 Å². The van der Waals surface area contributed by atoms with Crippen molar-refractivity contribution in [3.05, 3.63) is 53.6 Å². The van der Waals surface area contributed by atoms with Gasteiger partial charge in [0, 0.05) is 24.1 Å². The van der Waals surface area contributed by atoms with Crippen LogP contribution in [0.5, 0.6) is 0 Å². The van der Waals surface area contributed by atoms with Crippen molar-refractivity contribution in [1.29, 1.82) is 0 Å². The van der Waals surface area contributed by atoms with Crippen LogP contribution in [0.3, 0.4) is 0 Å². The number of hydrogen-bond acceptors (Lipinski definition) is 3. The second-order valence-electron chi connectivity index (χ2n) is 4.47. The van der Waals surface area contributed by atoms with Gasteiger partial charge < -0.3 is 15.7 Å². The molecule has 0 unspecified atom stereocenters. The van der Waals surface area contributed by atoms with E-state index in [0.717, 1.165) is 16.9 Å². The highest BCUT2D eigenvalue weighted by Crippen LogP contribution is 2.27. The summed E-state index contributed by atoms with van der Waals surface area (Å²) >= 11 is 0. The molecular weight excluding hydrogens is 240 g/mol. The number of benzene rings is 2. The lowest BCUT2D eigenvalue weighted by atomic mass is 10.1. The fraction of sp³-hybridized carbons (Fsp3) is 0.133. The lowest BCUT2D eigenvalue weighted by Gasteiger charge is -2.20. The molecule has 0 spiro atoms. The van der Waals surface area contributed by atoms with E-state index in [9.17, 15) is 4.79 Å². The topological polar surface area (TPSA) is 66.6 Å². The molecule has 4 heteroatoms. The predicted molar refractivity (Wildman–Crippen MR) is 77.1 cm³/mol. The highest BCUT2D eigenvalue weighted by molar-refractivity contribution is 5.95. The van der Waals surface area contributed by atoms with E-state index in [0.29, 0.717) is 0 Å². The zero-order valence-corrected chi connectivity index (χ0v) is 10.9. The summed E-state index contributed by atoms with van der Waals surface area (Å²) in [5.74, 6) is -1.02. The Kier molecular flexibility index (Phi) is 3.42. The minimum absolute atomic E-state index is 0.122. The lowest BCUT2D eigenvalue weighted by molar-refractivity contribution is 0.0698. The summed E-state index contributed by atoms with van der Waals surface area (Å²) in [6.07, 6.45) is 0. The van der Waals surface area contributed by atoms with Gasteiger partial charge in [-0.15, -0.1) is 0 Å². The van der Waals surface area contributed by atoms with Crippen molar-refractivity contribution in [2.24, 2.45) is 0 Å². The van der Waals surface area contributed by atoms with Crippen LogP contribution in [0, 0.1) is 6.92 Å². The molecule has 0 heterocycles. The number of aryl methyl sites for hydroxylation is 1. The smallest absolute Gasteiger partial charge is 0.337 e. The molecule has 0 saturated carbocycles. The van der Waals surface area contributed by atoms with Crippen LogP contribution in [0.2, 0.25) is 0 Å². The molecule has 0 bridgehead atoms. The van der Waals surface area contributed by atoms with E-state index >= 15 is 0 Å². The van der Waals surface area contributed by atoms with Crippen LogP contribution in [-0.4, -0.2) is 18.1 Å². The summed E-state index contributed by atoms with van der Waals surface area (Å²) in [5.41, 5.74) is 8.99. The number of nitrogen functional groups attached to an aromatic ring is 1. The quantitative estimate of drug-likeness (QED) is 0.828. The summed E-state index contributed by atoms with van der Waals surface area (Å²) in [6, 6.07) is 13.0. The third-order valence-corrected chi connectivity index (χ3v) is 3.04. The first-order valence-electron chi connectivity index (χ1n) is 5.92. The minimum Gasteiger partial charge on any atom is -0.478 e. The van der Waals surface area contributed by atoms with Crippen molar-refractivity contribution in [2.75, 3.05) is 17.7 Å². The van der Waals surface area contributed by atoms with E-state index in [4.69, 9.17) is 10.8 Å². The fourth-order valence-corrected chi connectivity index (χ4v) is 1.92. The van der Waals surface area contributed by atoms with Crippen molar-refractivity contribution in [1.82, 2.24) is 0 Å². The van der Waals surface area contributed by atoms with E-state index in [-0.39, 0.29) is 11.3 Å². The predicted octanol–water partition coefficient (Wildman–Crippen LogP) is 3.04. The average Bonchev–Trinajstić information content (AvgIpc) is 2.38. The number of carboxylic acid groups (broad SMARTS) is 1. The Morgan fingerprint density at radius 1 is 1.16 bits per heavy atom. The van der Waals surface area contributed by atoms with E-state index in [1.54, 1.807) is 12.1 Å². The van der Waals surface area contributed by atoms with Gasteiger partial charge in [-0.3, -0.25) is 0 Å². The Labute approximate surface area is 112 Å². The fourth-order valence-electron chi connectivity index (χ4n) is 1.92. The molecule has 0 fully saturated rings. The summed E-state index contributed by atoms with van der Waals surface area (Å²) in [7, 11) is 1.89. The second kappa shape index (κ2) is 5.02. The molecule has 0 aliphatic heterocycles. The monoisotopic (exact) mass is 256 g/mol. The maximum Gasteiger partial charge on any atom is 0.337 e. The van der Waals surface area contributed by atoms with Gasteiger partial charge in [0.15, 0.2) is 0 Å². The van der Waals surface area contributed by atoms with Crippen LogP contribution in [0.25, 0.3) is 0 Å². The van der Waals surface area contributed by atoms with Crippen molar-refractivity contribution in [2.45, 2.75) is 6.92 Å². The third kappa shape index (κ3) is 2.68. The number of anilines is 3. The number of carboxylic acids is 1. The molecule has 2 rings (SSSR count). The van der Waals surface area contributed by atoms with Gasteiger partial charge >= 0.3 is 5.97 Å². The normalized spacial score (nSPS) is 10.2. The summed E-state index contributed by atoms with van der Waals surface area (Å²) in [4.78, 5) is 13.0. The van der Waals surface area contributed by atoms with Crippen LogP contribution >= 0.6 is 0 Å². The Morgan fingerprint density at radius 3 is 2.47 bits per heavy atom. The second-order valence-corrected chi connectivity index (χ2v) is 4.47. The standard InChI is InChI=1S/C15H16N2O2/c1-10-4-3-5-11(8-10)17(2)12-6-7-14(16)13(9-12)15(18)19/h3-9H,16H2,1-2H3,(H,18,19). The molecule has 2 aromatic rings. The molecule has 4 nitrogen and oxygen atoms in total. The molecular formula is C15H16N2O2. The number of aromatic carboxylic acids is 1. The van der Waals surface area contributed by atoms with Gasteiger partial charge in [0.1, 0.15) is 0 Å². The van der Waals surface area contributed by atoms with Gasteiger partial charge in [-0.2, -0.15) is 0 Å². The number of nitrogens with zero attached hydrogens (tertiary/aromatic N) is 1. The maximum absolute atomic E-state index is 11.1. The van der Waals surface area contributed by atoms with Crippen molar-refractivity contribution in [3.63, 3.8) is 0 Å². The Balaban J connectivity index is 2.42. The summed E-state index contributed by atoms with van der Waals surface area (Å²) in [6.45, 7) is 2.02. The van der Waals surface area contributed by atoms with Crippen molar-refractivity contribution < 1.29 is 9.90 Å². The van der Waals surface area contributed by atoms with E-state index in [2.05, 4.69) is 0 Å². The van der Waals surface area contributed by atoms with Gasteiger partial charge in [0.2, 0.25) is 0 Å². The van der Waals surface area contributed by atoms with Gasteiger partial charge in [-0.25, -0.2) is 4.79 Å². The van der Waals surface area contributed by atoms with Crippen LogP contribution in [0.4, 0.5) is 17.1 Å². The number of rotatable bonds is 3. The summed E-state index contributed by atoms with van der Waals surface area (Å²) in [5, 5.41) is 9.09. The van der Waals surface area contributed by atoms with E-state index < -0.39 is 5.97 Å². The van der Waals surface area contributed by atoms with E-state index in [1.165, 1.54) is 0 Å². The van der Waals surface area contributed by atoms with Crippen molar-refractivity contribution >= 4 is 23.0 Å². The molecule has 0 amide bonds. The first kappa shape index (κ1) is 13.0. The molecule has 0 atom stereocenters. The first-order chi connectivity index (χ1) is 8.99. The molecule has 2 aromatic carbocycles. The SMILES string of the molecule is Cc1cccc(N(C)c2ccc(N)c(C(=O)O)c2)c1. The van der Waals surface area contributed by atoms with Gasteiger partial charge in [0.25, 0.3) is 0 Å². The molecule has 3 N–H and O–H groups in total. The Hall–Kier alpha value is -2.49. The molecule has 0 aliphatic carbocycles. The van der Waals surface area contributed by atoms with Gasteiger partial charge in [-0.1, -0.05) is 12.1 Å². The minimum atomic E-state index is -1.02. The van der Waals surface area contributed by atoms with Gasteiger partial charge in [0.05, 0.1) is 5.56 Å². The van der Waals surface area contributed by atoms with E-state index in [1.807, 2.05) is 49.2 Å². The zero-order valence-electron chi connectivity index (χ0n) is 10.9. The highest BCUT2D eigenvalue weighted by Gasteiger charge is 2.11. The largest absolute Gasteiger partial charge is 0.478 e. The van der Waals surface area contributed by atoms with Crippen LogP contribution in [0.1, 0.15) is 15.9 Å². The Bertz CT molecular complexity index is 623. The molecule has 0 radical (unpaired) electrons. The third-order valence-electron chi connectivity index (χ3n) is 3.04. The number of hydrogen-bond donors (Lipinski definition) is 2. The maximum atomic E-state index is 11.1.